The molecule has 4 rings (SSSR count). The van der Waals surface area contributed by atoms with Gasteiger partial charge in [0.05, 0.1) is 23.1 Å². The Morgan fingerprint density at radius 3 is 2.90 bits per heavy atom. The van der Waals surface area contributed by atoms with E-state index in [0.29, 0.717) is 16.5 Å². The first-order chi connectivity index (χ1) is 14.5. The zero-order valence-electron chi connectivity index (χ0n) is 16.9. The molecule has 0 radical (unpaired) electrons. The second-order valence-electron chi connectivity index (χ2n) is 7.62. The number of hydrogen-bond donors (Lipinski definition) is 2. The highest BCUT2D eigenvalue weighted by atomic mass is 32.2. The first kappa shape index (κ1) is 20.9. The number of carbonyl (C=O) groups is 3. The lowest BCUT2D eigenvalue weighted by Gasteiger charge is -2.23. The summed E-state index contributed by atoms with van der Waals surface area (Å²) in [4.78, 5) is 39.9. The van der Waals surface area contributed by atoms with Crippen LogP contribution in [0.4, 0.5) is 10.7 Å². The third-order valence-corrected chi connectivity index (χ3v) is 7.77. The molecule has 2 atom stereocenters. The average Bonchev–Trinajstić information content (AvgIpc) is 3.05. The number of thioether (sulfide) groups is 1. The topological polar surface area (TPSA) is 84.5 Å². The lowest BCUT2D eigenvalue weighted by Crippen LogP contribution is -2.32. The van der Waals surface area contributed by atoms with E-state index in [4.69, 9.17) is 4.74 Å². The number of para-hydroxylation sites is 1. The van der Waals surface area contributed by atoms with E-state index in [1.54, 1.807) is 6.92 Å². The fraction of sp³-hybridized carbons (Fsp3) is 0.409. The third-order valence-electron chi connectivity index (χ3n) is 5.32. The highest BCUT2D eigenvalue weighted by Gasteiger charge is 2.32. The molecule has 6 nitrogen and oxygen atoms in total. The van der Waals surface area contributed by atoms with Crippen molar-refractivity contribution < 1.29 is 19.1 Å². The molecule has 1 aromatic heterocycles. The summed E-state index contributed by atoms with van der Waals surface area (Å²) in [6.07, 6.45) is 2.77. The van der Waals surface area contributed by atoms with Gasteiger partial charge in [0.2, 0.25) is 11.8 Å². The van der Waals surface area contributed by atoms with Crippen LogP contribution in [0.15, 0.2) is 29.2 Å². The molecule has 2 amide bonds. The number of esters is 1. The SMILES string of the molecule is CCOC(=O)c1c(NC(=O)C[C@@H]2Sc3ccccc3NC2=O)sc2c1CC[C@@H](C)C2. The summed E-state index contributed by atoms with van der Waals surface area (Å²) in [6.45, 7) is 4.25. The summed E-state index contributed by atoms with van der Waals surface area (Å²) >= 11 is 2.85. The lowest BCUT2D eigenvalue weighted by molar-refractivity contribution is -0.120. The van der Waals surface area contributed by atoms with Crippen LogP contribution in [0, 0.1) is 5.92 Å². The van der Waals surface area contributed by atoms with Crippen LogP contribution in [0.5, 0.6) is 0 Å². The second kappa shape index (κ2) is 8.81. The summed E-state index contributed by atoms with van der Waals surface area (Å²) in [5.74, 6) is -0.297. The highest BCUT2D eigenvalue weighted by molar-refractivity contribution is 8.01. The molecule has 2 aromatic rings. The van der Waals surface area contributed by atoms with E-state index in [2.05, 4.69) is 17.6 Å². The van der Waals surface area contributed by atoms with Gasteiger partial charge < -0.3 is 15.4 Å². The molecule has 0 spiro atoms. The summed E-state index contributed by atoms with van der Waals surface area (Å²) in [7, 11) is 0. The van der Waals surface area contributed by atoms with E-state index in [9.17, 15) is 14.4 Å². The van der Waals surface area contributed by atoms with Crippen molar-refractivity contribution in [2.24, 2.45) is 5.92 Å². The quantitative estimate of drug-likeness (QED) is 0.664. The lowest BCUT2D eigenvalue weighted by atomic mass is 9.88. The molecule has 0 saturated carbocycles. The number of nitrogens with one attached hydrogen (secondary N) is 2. The zero-order valence-corrected chi connectivity index (χ0v) is 18.6. The van der Waals surface area contributed by atoms with Crippen LogP contribution < -0.4 is 10.6 Å². The Kier molecular flexibility index (Phi) is 6.15. The maximum Gasteiger partial charge on any atom is 0.341 e. The predicted octanol–water partition coefficient (Wildman–Crippen LogP) is 4.49. The number of carbonyl (C=O) groups excluding carboxylic acids is 3. The molecule has 8 heteroatoms. The predicted molar refractivity (Wildman–Crippen MR) is 119 cm³/mol. The van der Waals surface area contributed by atoms with Gasteiger partial charge in [0.1, 0.15) is 5.00 Å². The number of benzene rings is 1. The van der Waals surface area contributed by atoms with Crippen molar-refractivity contribution >= 4 is 51.6 Å². The van der Waals surface area contributed by atoms with Gasteiger partial charge in [-0.2, -0.15) is 0 Å². The normalized spacial score (nSPS) is 20.0. The maximum absolute atomic E-state index is 12.8. The molecule has 2 N–H and O–H groups in total. The summed E-state index contributed by atoms with van der Waals surface area (Å²) in [5, 5.41) is 5.79. The Balaban J connectivity index is 1.52. The molecule has 1 aliphatic heterocycles. The van der Waals surface area contributed by atoms with Gasteiger partial charge in [-0.05, 0) is 49.8 Å². The Hall–Kier alpha value is -2.32. The minimum atomic E-state index is -0.513. The highest BCUT2D eigenvalue weighted by Crippen LogP contribution is 2.41. The summed E-state index contributed by atoms with van der Waals surface area (Å²) in [5.41, 5.74) is 2.27. The van der Waals surface area contributed by atoms with Crippen LogP contribution in [0.2, 0.25) is 0 Å². The van der Waals surface area contributed by atoms with E-state index >= 15 is 0 Å². The van der Waals surface area contributed by atoms with Gasteiger partial charge in [0.15, 0.2) is 0 Å². The fourth-order valence-electron chi connectivity index (χ4n) is 3.83. The van der Waals surface area contributed by atoms with Gasteiger partial charge in [-0.15, -0.1) is 23.1 Å². The molecule has 158 valence electrons. The van der Waals surface area contributed by atoms with Crippen LogP contribution in [0.3, 0.4) is 0 Å². The molecule has 1 aliphatic carbocycles. The number of amides is 2. The molecule has 2 heterocycles. The van der Waals surface area contributed by atoms with Crippen molar-refractivity contribution in [3.05, 3.63) is 40.3 Å². The average molecular weight is 445 g/mol. The van der Waals surface area contributed by atoms with Crippen molar-refractivity contribution in [1.29, 1.82) is 0 Å². The van der Waals surface area contributed by atoms with Crippen LogP contribution >= 0.6 is 23.1 Å². The minimum absolute atomic E-state index is 0.0338. The molecular weight excluding hydrogens is 420 g/mol. The number of anilines is 2. The smallest absolute Gasteiger partial charge is 0.341 e. The van der Waals surface area contributed by atoms with E-state index < -0.39 is 11.2 Å². The number of fused-ring (bicyclic) bond motifs is 2. The van der Waals surface area contributed by atoms with Crippen LogP contribution in [-0.2, 0) is 27.2 Å². The Morgan fingerprint density at radius 2 is 2.10 bits per heavy atom. The van der Waals surface area contributed by atoms with Gasteiger partial charge in [-0.1, -0.05) is 19.1 Å². The fourth-order valence-corrected chi connectivity index (χ4v) is 6.36. The molecule has 0 saturated heterocycles. The monoisotopic (exact) mass is 444 g/mol. The Bertz CT molecular complexity index is 1000. The first-order valence-electron chi connectivity index (χ1n) is 10.1. The molecular formula is C22H24N2O4S2. The van der Waals surface area contributed by atoms with Crippen molar-refractivity contribution in [3.8, 4) is 0 Å². The molecule has 1 aromatic carbocycles. The molecule has 30 heavy (non-hydrogen) atoms. The molecule has 0 unspecified atom stereocenters. The van der Waals surface area contributed by atoms with Crippen molar-refractivity contribution in [1.82, 2.24) is 0 Å². The first-order valence-corrected chi connectivity index (χ1v) is 11.8. The molecule has 0 fully saturated rings. The van der Waals surface area contributed by atoms with Crippen LogP contribution in [0.25, 0.3) is 0 Å². The van der Waals surface area contributed by atoms with Crippen molar-refractivity contribution in [2.75, 3.05) is 17.2 Å². The van der Waals surface area contributed by atoms with Gasteiger partial charge >= 0.3 is 5.97 Å². The van der Waals surface area contributed by atoms with Gasteiger partial charge in [0.25, 0.3) is 0 Å². The van der Waals surface area contributed by atoms with Crippen LogP contribution in [0.1, 0.15) is 47.5 Å². The van der Waals surface area contributed by atoms with E-state index in [1.165, 1.54) is 23.1 Å². The number of rotatable bonds is 5. The minimum Gasteiger partial charge on any atom is -0.462 e. The second-order valence-corrected chi connectivity index (χ2v) is 9.97. The summed E-state index contributed by atoms with van der Waals surface area (Å²) in [6, 6.07) is 7.54. The number of thiophene rings is 1. The standard InChI is InChI=1S/C22H24N2O4S2/c1-3-28-22(27)19-13-9-8-12(2)10-16(13)30-21(19)24-18(25)11-17-20(26)23-14-6-4-5-7-15(14)29-17/h4-7,12,17H,3,8-11H2,1-2H3,(H,23,26)(H,24,25)/t12-,17+/m1/s1. The van der Waals surface area contributed by atoms with Gasteiger partial charge in [-0.25, -0.2) is 4.79 Å². The van der Waals surface area contributed by atoms with E-state index in [1.807, 2.05) is 24.3 Å². The molecule has 0 bridgehead atoms. The molecule has 2 aliphatic rings. The van der Waals surface area contributed by atoms with Crippen molar-refractivity contribution in [2.45, 2.75) is 49.7 Å². The van der Waals surface area contributed by atoms with E-state index in [-0.39, 0.29) is 24.8 Å². The van der Waals surface area contributed by atoms with Gasteiger partial charge in [0, 0.05) is 16.2 Å². The van der Waals surface area contributed by atoms with Crippen molar-refractivity contribution in [3.63, 3.8) is 0 Å². The number of hydrogen-bond acceptors (Lipinski definition) is 6. The van der Waals surface area contributed by atoms with Gasteiger partial charge in [-0.3, -0.25) is 9.59 Å². The Morgan fingerprint density at radius 1 is 1.30 bits per heavy atom. The zero-order chi connectivity index (χ0) is 21.3. The summed E-state index contributed by atoms with van der Waals surface area (Å²) < 4.78 is 5.26. The van der Waals surface area contributed by atoms with Crippen LogP contribution in [-0.4, -0.2) is 29.6 Å². The largest absolute Gasteiger partial charge is 0.462 e. The maximum atomic E-state index is 12.8. The third kappa shape index (κ3) is 4.25. The van der Waals surface area contributed by atoms with E-state index in [0.717, 1.165) is 40.3 Å². The number of ether oxygens (including phenoxy) is 1. The Labute approximate surface area is 183 Å².